The molecule has 0 unspecified atom stereocenters. The van der Waals surface area contributed by atoms with Crippen LogP contribution in [0.4, 0.5) is 0 Å². The second-order valence-electron chi connectivity index (χ2n) is 4.28. The lowest BCUT2D eigenvalue weighted by Crippen LogP contribution is -2.05. The Morgan fingerprint density at radius 2 is 1.95 bits per heavy atom. The molecule has 0 saturated heterocycles. The first kappa shape index (κ1) is 12.3. The average molecular weight is 263 g/mol. The molecule has 0 aliphatic heterocycles. The van der Waals surface area contributed by atoms with Crippen molar-refractivity contribution in [1.29, 1.82) is 0 Å². The van der Waals surface area contributed by atoms with Crippen molar-refractivity contribution in [2.45, 2.75) is 0 Å². The van der Waals surface area contributed by atoms with Crippen LogP contribution in [-0.2, 0) is 4.84 Å². The zero-order chi connectivity index (χ0) is 13.8. The van der Waals surface area contributed by atoms with Crippen LogP contribution in [0.3, 0.4) is 0 Å². The maximum atomic E-state index is 4.96. The molecule has 98 valence electrons. The van der Waals surface area contributed by atoms with Crippen LogP contribution in [0.1, 0.15) is 11.1 Å². The first-order chi connectivity index (χ1) is 9.88. The second-order valence-corrected chi connectivity index (χ2v) is 4.28. The van der Waals surface area contributed by atoms with Crippen molar-refractivity contribution < 1.29 is 4.84 Å². The Bertz CT molecular complexity index is 754. The monoisotopic (exact) mass is 263 g/mol. The largest absolute Gasteiger partial charge is 0.399 e. The summed E-state index contributed by atoms with van der Waals surface area (Å²) in [6.45, 7) is 0. The lowest BCUT2D eigenvalue weighted by Gasteiger charge is -2.06. The first-order valence-electron chi connectivity index (χ1n) is 6.25. The third kappa shape index (κ3) is 2.36. The maximum Gasteiger partial charge on any atom is 0.120 e. The molecule has 3 aromatic rings. The molecule has 0 spiro atoms. The molecule has 2 aromatic heterocycles. The number of benzene rings is 1. The van der Waals surface area contributed by atoms with E-state index in [2.05, 4.69) is 15.1 Å². The van der Waals surface area contributed by atoms with Gasteiger partial charge in [-0.2, -0.15) is 0 Å². The highest BCUT2D eigenvalue weighted by molar-refractivity contribution is 6.13. The number of para-hydroxylation sites is 1. The Morgan fingerprint density at radius 1 is 1.05 bits per heavy atom. The Hall–Kier alpha value is -2.75. The van der Waals surface area contributed by atoms with Crippen molar-refractivity contribution in [3.8, 4) is 0 Å². The maximum absolute atomic E-state index is 4.96. The average Bonchev–Trinajstić information content (AvgIpc) is 2.53. The highest BCUT2D eigenvalue weighted by Gasteiger charge is 2.09. The molecule has 20 heavy (non-hydrogen) atoms. The molecule has 0 aliphatic rings. The molecule has 0 amide bonds. The van der Waals surface area contributed by atoms with E-state index in [1.807, 2.05) is 42.5 Å². The fraction of sp³-hybridized carbons (Fsp3) is 0.0625. The molecule has 0 fully saturated rings. The smallest absolute Gasteiger partial charge is 0.120 e. The summed E-state index contributed by atoms with van der Waals surface area (Å²) < 4.78 is 0. The lowest BCUT2D eigenvalue weighted by molar-refractivity contribution is 0.214. The molecule has 1 aromatic carbocycles. The summed E-state index contributed by atoms with van der Waals surface area (Å²) in [5, 5.41) is 5.18. The highest BCUT2D eigenvalue weighted by Crippen LogP contribution is 2.16. The predicted molar refractivity (Wildman–Crippen MR) is 78.6 cm³/mol. The Kier molecular flexibility index (Phi) is 3.37. The van der Waals surface area contributed by atoms with Crippen LogP contribution < -0.4 is 0 Å². The minimum atomic E-state index is 0.721. The molecule has 0 atom stereocenters. The van der Waals surface area contributed by atoms with E-state index in [9.17, 15) is 0 Å². The van der Waals surface area contributed by atoms with Gasteiger partial charge in [-0.25, -0.2) is 0 Å². The van der Waals surface area contributed by atoms with Crippen LogP contribution in [0.25, 0.3) is 10.9 Å². The van der Waals surface area contributed by atoms with Gasteiger partial charge in [-0.3, -0.25) is 9.97 Å². The summed E-state index contributed by atoms with van der Waals surface area (Å²) in [6, 6.07) is 13.8. The molecular formula is C16H13N3O. The van der Waals surface area contributed by atoms with Crippen molar-refractivity contribution >= 4 is 16.6 Å². The predicted octanol–water partition coefficient (Wildman–Crippen LogP) is 3.03. The summed E-state index contributed by atoms with van der Waals surface area (Å²) >= 11 is 0. The van der Waals surface area contributed by atoms with Gasteiger partial charge < -0.3 is 4.84 Å². The van der Waals surface area contributed by atoms with E-state index in [1.165, 1.54) is 7.11 Å². The Morgan fingerprint density at radius 3 is 2.75 bits per heavy atom. The summed E-state index contributed by atoms with van der Waals surface area (Å²) in [4.78, 5) is 13.5. The summed E-state index contributed by atoms with van der Waals surface area (Å²) in [6.07, 6.45) is 5.28. The van der Waals surface area contributed by atoms with Gasteiger partial charge in [0, 0.05) is 35.1 Å². The first-order valence-corrected chi connectivity index (χ1v) is 6.25. The number of aromatic nitrogens is 2. The van der Waals surface area contributed by atoms with Gasteiger partial charge in [0.15, 0.2) is 0 Å². The number of pyridine rings is 2. The van der Waals surface area contributed by atoms with Crippen molar-refractivity contribution in [2.75, 3.05) is 7.11 Å². The molecule has 3 rings (SSSR count). The SMILES string of the molecule is CON=C(c1cccnc1)c1cnc2ccccc2c1. The fourth-order valence-electron chi connectivity index (χ4n) is 2.07. The van der Waals surface area contributed by atoms with Crippen molar-refractivity contribution in [2.24, 2.45) is 5.16 Å². The van der Waals surface area contributed by atoms with E-state index in [-0.39, 0.29) is 0 Å². The summed E-state index contributed by atoms with van der Waals surface area (Å²) in [5.41, 5.74) is 3.48. The minimum Gasteiger partial charge on any atom is -0.399 e. The molecule has 0 N–H and O–H groups in total. The van der Waals surface area contributed by atoms with Gasteiger partial charge in [-0.15, -0.1) is 0 Å². The van der Waals surface area contributed by atoms with Crippen molar-refractivity contribution in [3.05, 3.63) is 72.2 Å². The van der Waals surface area contributed by atoms with Gasteiger partial charge >= 0.3 is 0 Å². The normalized spacial score (nSPS) is 11.6. The highest BCUT2D eigenvalue weighted by atomic mass is 16.6. The van der Waals surface area contributed by atoms with Crippen LogP contribution in [0.5, 0.6) is 0 Å². The van der Waals surface area contributed by atoms with Gasteiger partial charge in [-0.05, 0) is 24.3 Å². The van der Waals surface area contributed by atoms with Crippen LogP contribution in [-0.4, -0.2) is 22.8 Å². The summed E-state index contributed by atoms with van der Waals surface area (Å²) in [5.74, 6) is 0. The Labute approximate surface area is 116 Å². The number of rotatable bonds is 3. The third-order valence-corrected chi connectivity index (χ3v) is 2.98. The van der Waals surface area contributed by atoms with Gasteiger partial charge in [-0.1, -0.05) is 23.4 Å². The topological polar surface area (TPSA) is 47.4 Å². The minimum absolute atomic E-state index is 0.721. The molecule has 0 saturated carbocycles. The third-order valence-electron chi connectivity index (χ3n) is 2.98. The van der Waals surface area contributed by atoms with E-state index >= 15 is 0 Å². The van der Waals surface area contributed by atoms with Crippen LogP contribution in [0.15, 0.2) is 66.2 Å². The van der Waals surface area contributed by atoms with E-state index in [0.717, 1.165) is 27.7 Å². The lowest BCUT2D eigenvalue weighted by atomic mass is 10.0. The van der Waals surface area contributed by atoms with Crippen molar-refractivity contribution in [1.82, 2.24) is 9.97 Å². The second kappa shape index (κ2) is 5.48. The van der Waals surface area contributed by atoms with Crippen LogP contribution in [0.2, 0.25) is 0 Å². The van der Waals surface area contributed by atoms with Crippen molar-refractivity contribution in [3.63, 3.8) is 0 Å². The molecule has 0 bridgehead atoms. The molecule has 4 heteroatoms. The number of oxime groups is 1. The molecule has 0 radical (unpaired) electrons. The fourth-order valence-corrected chi connectivity index (χ4v) is 2.07. The quantitative estimate of drug-likeness (QED) is 0.539. The molecule has 2 heterocycles. The standard InChI is InChI=1S/C16H13N3O/c1-20-19-16(13-6-4-8-17-10-13)14-9-12-5-2-3-7-15(12)18-11-14/h2-11H,1H3. The number of hydrogen-bond donors (Lipinski definition) is 0. The molecule has 0 aliphatic carbocycles. The van der Waals surface area contributed by atoms with Gasteiger partial charge in [0.2, 0.25) is 0 Å². The Balaban J connectivity index is 2.13. The number of fused-ring (bicyclic) bond motifs is 1. The van der Waals surface area contributed by atoms with E-state index < -0.39 is 0 Å². The van der Waals surface area contributed by atoms with Gasteiger partial charge in [0.1, 0.15) is 12.8 Å². The van der Waals surface area contributed by atoms with Crippen LogP contribution in [0, 0.1) is 0 Å². The summed E-state index contributed by atoms with van der Waals surface area (Å²) in [7, 11) is 1.53. The number of nitrogens with zero attached hydrogens (tertiary/aromatic N) is 3. The van der Waals surface area contributed by atoms with Gasteiger partial charge in [0.05, 0.1) is 5.52 Å². The molecule has 4 nitrogen and oxygen atoms in total. The molecular weight excluding hydrogens is 250 g/mol. The number of hydrogen-bond acceptors (Lipinski definition) is 4. The van der Waals surface area contributed by atoms with Gasteiger partial charge in [0.25, 0.3) is 0 Å². The van der Waals surface area contributed by atoms with Crippen LogP contribution >= 0.6 is 0 Å². The van der Waals surface area contributed by atoms with E-state index in [1.54, 1.807) is 18.6 Å². The zero-order valence-corrected chi connectivity index (χ0v) is 11.0. The van der Waals surface area contributed by atoms with E-state index in [4.69, 9.17) is 4.84 Å². The van der Waals surface area contributed by atoms with E-state index in [0.29, 0.717) is 0 Å². The zero-order valence-electron chi connectivity index (χ0n) is 11.0.